The van der Waals surface area contributed by atoms with Crippen LogP contribution in [0.25, 0.3) is 0 Å². The van der Waals surface area contributed by atoms with Crippen LogP contribution in [-0.4, -0.2) is 82.9 Å². The fourth-order valence-corrected chi connectivity index (χ4v) is 2.82. The Balaban J connectivity index is 0.00000147. The van der Waals surface area contributed by atoms with Gasteiger partial charge in [0.25, 0.3) is 0 Å². The molecule has 0 unspecified atom stereocenters. The van der Waals surface area contributed by atoms with Crippen molar-refractivity contribution in [2.45, 2.75) is 63.4 Å². The molecular formula is C12H19NaO7. The van der Waals surface area contributed by atoms with Crippen LogP contribution in [0.5, 0.6) is 0 Å². The van der Waals surface area contributed by atoms with Crippen LogP contribution < -0.4 is 0 Å². The molecule has 0 spiro atoms. The van der Waals surface area contributed by atoms with E-state index in [-0.39, 0.29) is 36.2 Å². The number of rotatable bonds is 1. The van der Waals surface area contributed by atoms with Crippen molar-refractivity contribution < 1.29 is 33.6 Å². The number of hydrogen-bond donors (Lipinski definition) is 1. The summed E-state index contributed by atoms with van der Waals surface area (Å²) < 4.78 is 28.0. The van der Waals surface area contributed by atoms with E-state index in [0.29, 0.717) is 0 Å². The van der Waals surface area contributed by atoms with Crippen molar-refractivity contribution >= 4 is 35.5 Å². The van der Waals surface area contributed by atoms with Gasteiger partial charge in [-0.1, -0.05) is 0 Å². The molecule has 0 saturated carbocycles. The summed E-state index contributed by atoms with van der Waals surface area (Å²) in [4.78, 5) is 11.6. The van der Waals surface area contributed by atoms with Gasteiger partial charge in [-0.2, -0.15) is 0 Å². The average Bonchev–Trinajstić information content (AvgIpc) is 2.67. The Morgan fingerprint density at radius 2 is 1.75 bits per heavy atom. The molecule has 3 saturated heterocycles. The molecule has 20 heavy (non-hydrogen) atoms. The Morgan fingerprint density at radius 1 is 1.10 bits per heavy atom. The van der Waals surface area contributed by atoms with Crippen molar-refractivity contribution in [2.24, 2.45) is 0 Å². The van der Waals surface area contributed by atoms with E-state index >= 15 is 0 Å². The minimum atomic E-state index is -1.82. The first-order valence-corrected chi connectivity index (χ1v) is 6.26. The predicted molar refractivity (Wildman–Crippen MR) is 67.3 cm³/mol. The summed E-state index contributed by atoms with van der Waals surface area (Å²) in [5.74, 6) is -4.85. The number of fused-ring (bicyclic) bond motifs is 3. The van der Waals surface area contributed by atoms with Gasteiger partial charge in [0.15, 0.2) is 17.7 Å². The van der Waals surface area contributed by atoms with Crippen LogP contribution >= 0.6 is 0 Å². The maximum absolute atomic E-state index is 11.6. The standard InChI is InChI=1S/C12H18O7.Na.H/c1-10(2)15-5-6-7(17-10)8-12(16-6,9(13)14)19-11(3,4)18-8;;/h6-8H,5H2,1-4H3,(H,13,14);;/t6-,7+,8-,12+;;/m0../s1. The van der Waals surface area contributed by atoms with Crippen LogP contribution in [0.1, 0.15) is 27.7 Å². The third-order valence-corrected chi connectivity index (χ3v) is 3.49. The Morgan fingerprint density at radius 3 is 2.35 bits per heavy atom. The van der Waals surface area contributed by atoms with Crippen molar-refractivity contribution in [3.63, 3.8) is 0 Å². The molecule has 3 aliphatic rings. The number of carboxylic acid groups (broad SMARTS) is 1. The third kappa shape index (κ3) is 2.44. The van der Waals surface area contributed by atoms with Crippen LogP contribution in [0.15, 0.2) is 0 Å². The van der Waals surface area contributed by atoms with Crippen molar-refractivity contribution in [2.75, 3.05) is 6.61 Å². The van der Waals surface area contributed by atoms with Gasteiger partial charge in [0.1, 0.15) is 12.2 Å². The SMILES string of the molecule is CC1(C)OC[C@@H]2O[C@@]3(C(=O)O)OC(C)(C)O[C@H]3[C@@H]2O1.[NaH]. The predicted octanol–water partition coefficient (Wildman–Crippen LogP) is -0.179. The normalized spacial score (nSPS) is 44.3. The van der Waals surface area contributed by atoms with Gasteiger partial charge in [0.05, 0.1) is 6.61 Å². The van der Waals surface area contributed by atoms with E-state index in [9.17, 15) is 9.90 Å². The molecule has 0 amide bonds. The molecule has 3 rings (SSSR count). The van der Waals surface area contributed by atoms with Crippen molar-refractivity contribution in [1.82, 2.24) is 0 Å². The van der Waals surface area contributed by atoms with Crippen LogP contribution in [0, 0.1) is 0 Å². The molecule has 7 nitrogen and oxygen atoms in total. The van der Waals surface area contributed by atoms with Gasteiger partial charge in [0, 0.05) is 0 Å². The number of hydrogen-bond acceptors (Lipinski definition) is 6. The second kappa shape index (κ2) is 4.89. The van der Waals surface area contributed by atoms with Gasteiger partial charge < -0.3 is 28.8 Å². The van der Waals surface area contributed by atoms with E-state index in [1.165, 1.54) is 0 Å². The summed E-state index contributed by atoms with van der Waals surface area (Å²) in [7, 11) is 0. The number of aliphatic carboxylic acids is 1. The molecule has 3 fully saturated rings. The van der Waals surface area contributed by atoms with Crippen molar-refractivity contribution in [3.8, 4) is 0 Å². The van der Waals surface area contributed by atoms with E-state index in [4.69, 9.17) is 23.7 Å². The molecule has 1 N–H and O–H groups in total. The fourth-order valence-electron chi connectivity index (χ4n) is 2.82. The first-order valence-electron chi connectivity index (χ1n) is 6.26. The van der Waals surface area contributed by atoms with Gasteiger partial charge in [-0.25, -0.2) is 4.79 Å². The summed E-state index contributed by atoms with van der Waals surface area (Å²) in [6, 6.07) is 0. The Kier molecular flexibility index (Phi) is 4.07. The van der Waals surface area contributed by atoms with Gasteiger partial charge in [-0.05, 0) is 27.7 Å². The molecule has 0 aromatic rings. The summed E-state index contributed by atoms with van der Waals surface area (Å²) in [6.45, 7) is 7.09. The molecule has 0 aromatic heterocycles. The van der Waals surface area contributed by atoms with Crippen molar-refractivity contribution in [3.05, 3.63) is 0 Å². The summed E-state index contributed by atoms with van der Waals surface area (Å²) in [5.41, 5.74) is 0. The zero-order valence-electron chi connectivity index (χ0n) is 11.3. The van der Waals surface area contributed by atoms with E-state index in [1.807, 2.05) is 0 Å². The molecule has 0 radical (unpaired) electrons. The number of ether oxygens (including phenoxy) is 5. The third-order valence-electron chi connectivity index (χ3n) is 3.49. The van der Waals surface area contributed by atoms with Crippen molar-refractivity contribution in [1.29, 1.82) is 0 Å². The second-order valence-electron chi connectivity index (χ2n) is 5.96. The van der Waals surface area contributed by atoms with E-state index in [0.717, 1.165) is 0 Å². The molecule has 8 heteroatoms. The maximum atomic E-state index is 11.6. The fraction of sp³-hybridized carbons (Fsp3) is 0.917. The molecule has 4 atom stereocenters. The zero-order chi connectivity index (χ0) is 14.1. The number of carboxylic acids is 1. The van der Waals surface area contributed by atoms with Crippen LogP contribution in [-0.2, 0) is 28.5 Å². The summed E-state index contributed by atoms with van der Waals surface area (Å²) in [6.07, 6.45) is -1.85. The molecule has 0 aliphatic carbocycles. The van der Waals surface area contributed by atoms with E-state index < -0.39 is 41.6 Å². The summed E-state index contributed by atoms with van der Waals surface area (Å²) in [5, 5.41) is 9.46. The van der Waals surface area contributed by atoms with E-state index in [2.05, 4.69) is 0 Å². The average molecular weight is 298 g/mol. The van der Waals surface area contributed by atoms with E-state index in [1.54, 1.807) is 27.7 Å². The first-order chi connectivity index (χ1) is 8.65. The molecule has 3 heterocycles. The number of carbonyl (C=O) groups is 1. The summed E-state index contributed by atoms with van der Waals surface area (Å²) >= 11 is 0. The van der Waals surface area contributed by atoms with Gasteiger partial charge >= 0.3 is 41.3 Å². The molecule has 3 aliphatic heterocycles. The first kappa shape index (κ1) is 16.6. The Bertz CT molecular complexity index is 424. The van der Waals surface area contributed by atoms with Gasteiger partial charge in [-0.15, -0.1) is 0 Å². The molecular weight excluding hydrogens is 279 g/mol. The Labute approximate surface area is 139 Å². The van der Waals surface area contributed by atoms with Crippen LogP contribution in [0.4, 0.5) is 0 Å². The molecule has 0 bridgehead atoms. The monoisotopic (exact) mass is 298 g/mol. The molecule has 110 valence electrons. The zero-order valence-corrected chi connectivity index (χ0v) is 11.3. The quantitative estimate of drug-likeness (QED) is 0.672. The van der Waals surface area contributed by atoms with Gasteiger partial charge in [0.2, 0.25) is 0 Å². The topological polar surface area (TPSA) is 83.5 Å². The second-order valence-corrected chi connectivity index (χ2v) is 5.96. The van der Waals surface area contributed by atoms with Crippen LogP contribution in [0.3, 0.4) is 0 Å². The molecule has 0 aromatic carbocycles. The minimum absolute atomic E-state index is 0. The Hall–Kier alpha value is 0.270. The van der Waals surface area contributed by atoms with Crippen LogP contribution in [0.2, 0.25) is 0 Å². The van der Waals surface area contributed by atoms with Gasteiger partial charge in [-0.3, -0.25) is 0 Å².